The first kappa shape index (κ1) is 14.9. The predicted molar refractivity (Wildman–Crippen MR) is 67.0 cm³/mol. The SMILES string of the molecule is CC(CC(=O)O)CC(F)(F)c1cc(Br)c(Cl)s1. The monoisotopic (exact) mass is 346 g/mol. The lowest BCUT2D eigenvalue weighted by molar-refractivity contribution is -0.138. The lowest BCUT2D eigenvalue weighted by atomic mass is 9.99. The lowest BCUT2D eigenvalue weighted by Crippen LogP contribution is -2.18. The van der Waals surface area contributed by atoms with Gasteiger partial charge in [-0.25, -0.2) is 8.78 Å². The van der Waals surface area contributed by atoms with Crippen LogP contribution in [0.1, 0.15) is 24.6 Å². The summed E-state index contributed by atoms with van der Waals surface area (Å²) in [5.74, 6) is -4.71. The highest BCUT2D eigenvalue weighted by atomic mass is 79.9. The van der Waals surface area contributed by atoms with Gasteiger partial charge < -0.3 is 5.11 Å². The van der Waals surface area contributed by atoms with Gasteiger partial charge in [0.05, 0.1) is 4.88 Å². The highest BCUT2D eigenvalue weighted by molar-refractivity contribution is 9.10. The zero-order chi connectivity index (χ0) is 13.2. The normalized spacial score (nSPS) is 13.7. The van der Waals surface area contributed by atoms with Crippen molar-refractivity contribution < 1.29 is 18.7 Å². The van der Waals surface area contributed by atoms with Gasteiger partial charge in [-0.2, -0.15) is 0 Å². The van der Waals surface area contributed by atoms with Crippen molar-refractivity contribution in [3.8, 4) is 0 Å². The Kier molecular flexibility index (Phi) is 4.92. The Morgan fingerprint density at radius 3 is 2.71 bits per heavy atom. The molecule has 1 heterocycles. The van der Waals surface area contributed by atoms with Crippen LogP contribution in [0.5, 0.6) is 0 Å². The van der Waals surface area contributed by atoms with E-state index in [2.05, 4.69) is 15.9 Å². The standard InChI is InChI=1S/C10H10BrClF2O2S/c1-5(2-8(15)16)4-10(13,14)7-3-6(11)9(12)17-7/h3,5H,2,4H2,1H3,(H,15,16). The van der Waals surface area contributed by atoms with Crippen molar-refractivity contribution >= 4 is 44.8 Å². The number of carbonyl (C=O) groups is 1. The number of hydrogen-bond acceptors (Lipinski definition) is 2. The number of carboxylic acids is 1. The number of hydrogen-bond donors (Lipinski definition) is 1. The molecule has 0 saturated carbocycles. The van der Waals surface area contributed by atoms with Crippen LogP contribution in [0.3, 0.4) is 0 Å². The molecule has 7 heteroatoms. The Hall–Kier alpha value is -0.200. The van der Waals surface area contributed by atoms with E-state index in [1.165, 1.54) is 13.0 Å². The van der Waals surface area contributed by atoms with Gasteiger partial charge in [0.2, 0.25) is 0 Å². The van der Waals surface area contributed by atoms with E-state index in [0.29, 0.717) is 4.47 Å². The van der Waals surface area contributed by atoms with Crippen LogP contribution in [0.2, 0.25) is 4.34 Å². The number of alkyl halides is 2. The molecule has 2 nitrogen and oxygen atoms in total. The van der Waals surface area contributed by atoms with Crippen molar-refractivity contribution in [3.63, 3.8) is 0 Å². The van der Waals surface area contributed by atoms with Crippen molar-refractivity contribution in [3.05, 3.63) is 19.8 Å². The van der Waals surface area contributed by atoms with Crippen molar-refractivity contribution in [1.29, 1.82) is 0 Å². The summed E-state index contributed by atoms with van der Waals surface area (Å²) in [7, 11) is 0. The zero-order valence-corrected chi connectivity index (χ0v) is 12.0. The molecule has 1 aromatic heterocycles. The van der Waals surface area contributed by atoms with Crippen molar-refractivity contribution in [2.45, 2.75) is 25.7 Å². The van der Waals surface area contributed by atoms with Gasteiger partial charge in [0, 0.05) is 17.3 Å². The van der Waals surface area contributed by atoms with Crippen LogP contribution in [0.25, 0.3) is 0 Å². The quantitative estimate of drug-likeness (QED) is 0.834. The second-order valence-electron chi connectivity index (χ2n) is 3.84. The molecule has 1 unspecified atom stereocenters. The Bertz CT molecular complexity index is 403. The summed E-state index contributed by atoms with van der Waals surface area (Å²) < 4.78 is 28.3. The topological polar surface area (TPSA) is 37.3 Å². The molecule has 0 fully saturated rings. The van der Waals surface area contributed by atoms with Crippen LogP contribution in [0, 0.1) is 5.92 Å². The summed E-state index contributed by atoms with van der Waals surface area (Å²) in [5.41, 5.74) is 0. The minimum Gasteiger partial charge on any atom is -0.481 e. The zero-order valence-electron chi connectivity index (χ0n) is 8.84. The number of carboxylic acid groups (broad SMARTS) is 1. The summed E-state index contributed by atoms with van der Waals surface area (Å²) >= 11 is 9.57. The molecule has 0 aromatic carbocycles. The maximum atomic E-state index is 13.8. The van der Waals surface area contributed by atoms with Gasteiger partial charge in [-0.05, 0) is 27.9 Å². The Morgan fingerprint density at radius 1 is 1.71 bits per heavy atom. The molecule has 0 aliphatic rings. The van der Waals surface area contributed by atoms with Crippen LogP contribution >= 0.6 is 38.9 Å². The van der Waals surface area contributed by atoms with E-state index in [4.69, 9.17) is 16.7 Å². The molecule has 0 saturated heterocycles. The van der Waals surface area contributed by atoms with Crippen LogP contribution in [0.15, 0.2) is 10.5 Å². The third kappa shape index (κ3) is 4.19. The van der Waals surface area contributed by atoms with Gasteiger partial charge >= 0.3 is 5.97 Å². The molecular formula is C10H10BrClF2O2S. The lowest BCUT2D eigenvalue weighted by Gasteiger charge is -2.18. The van der Waals surface area contributed by atoms with E-state index in [9.17, 15) is 13.6 Å². The highest BCUT2D eigenvalue weighted by Crippen LogP contribution is 2.43. The van der Waals surface area contributed by atoms with Gasteiger partial charge in [0.25, 0.3) is 5.92 Å². The van der Waals surface area contributed by atoms with Crippen LogP contribution in [0.4, 0.5) is 8.78 Å². The maximum Gasteiger partial charge on any atom is 0.303 e. The minimum atomic E-state index is -3.05. The van der Waals surface area contributed by atoms with Crippen LogP contribution in [-0.2, 0) is 10.7 Å². The van der Waals surface area contributed by atoms with E-state index in [1.54, 1.807) is 0 Å². The van der Waals surface area contributed by atoms with Crippen molar-refractivity contribution in [1.82, 2.24) is 0 Å². The van der Waals surface area contributed by atoms with Crippen molar-refractivity contribution in [2.24, 2.45) is 5.92 Å². The smallest absolute Gasteiger partial charge is 0.303 e. The maximum absolute atomic E-state index is 13.8. The summed E-state index contributed by atoms with van der Waals surface area (Å²) in [5, 5.41) is 8.53. The fourth-order valence-corrected chi connectivity index (χ4v) is 3.12. The molecule has 0 radical (unpaired) electrons. The molecule has 0 aliphatic heterocycles. The summed E-state index contributed by atoms with van der Waals surface area (Å²) in [6.45, 7) is 1.49. The summed E-state index contributed by atoms with van der Waals surface area (Å²) in [6, 6.07) is 1.28. The first-order chi connectivity index (χ1) is 7.72. The number of thiophene rings is 1. The number of halogens is 4. The summed E-state index contributed by atoms with van der Waals surface area (Å²) in [6.07, 6.45) is -0.765. The molecular weight excluding hydrogens is 338 g/mol. The van der Waals surface area contributed by atoms with Gasteiger partial charge in [-0.15, -0.1) is 11.3 Å². The molecule has 1 aromatic rings. The molecule has 96 valence electrons. The van der Waals surface area contributed by atoms with E-state index in [1.807, 2.05) is 0 Å². The molecule has 1 N–H and O–H groups in total. The molecule has 1 rings (SSSR count). The third-order valence-corrected chi connectivity index (χ3v) is 4.72. The first-order valence-corrected chi connectivity index (χ1v) is 6.76. The van der Waals surface area contributed by atoms with Gasteiger partial charge in [0.15, 0.2) is 0 Å². The molecule has 0 amide bonds. The Labute approximate surface area is 115 Å². The molecule has 0 bridgehead atoms. The molecule has 17 heavy (non-hydrogen) atoms. The van der Waals surface area contributed by atoms with Gasteiger partial charge in [-0.1, -0.05) is 18.5 Å². The second kappa shape index (κ2) is 5.63. The van der Waals surface area contributed by atoms with Gasteiger partial charge in [0.1, 0.15) is 4.34 Å². The van der Waals surface area contributed by atoms with E-state index >= 15 is 0 Å². The van der Waals surface area contributed by atoms with Crippen LogP contribution in [-0.4, -0.2) is 11.1 Å². The fourth-order valence-electron chi connectivity index (χ4n) is 1.44. The van der Waals surface area contributed by atoms with E-state index in [0.717, 1.165) is 11.3 Å². The Balaban J connectivity index is 2.77. The largest absolute Gasteiger partial charge is 0.481 e. The predicted octanol–water partition coefficient (Wildman–Crippen LogP) is 4.76. The summed E-state index contributed by atoms with van der Waals surface area (Å²) in [4.78, 5) is 10.3. The molecule has 1 atom stereocenters. The highest BCUT2D eigenvalue weighted by Gasteiger charge is 2.36. The van der Waals surface area contributed by atoms with Crippen LogP contribution < -0.4 is 0 Å². The molecule has 0 spiro atoms. The second-order valence-corrected chi connectivity index (χ2v) is 6.35. The van der Waals surface area contributed by atoms with E-state index in [-0.39, 0.29) is 15.6 Å². The first-order valence-electron chi connectivity index (χ1n) is 4.77. The van der Waals surface area contributed by atoms with Crippen molar-refractivity contribution in [2.75, 3.05) is 0 Å². The van der Waals surface area contributed by atoms with Gasteiger partial charge in [-0.3, -0.25) is 4.79 Å². The average molecular weight is 348 g/mol. The minimum absolute atomic E-state index is 0.147. The third-order valence-electron chi connectivity index (χ3n) is 2.13. The average Bonchev–Trinajstić information content (AvgIpc) is 2.44. The fraction of sp³-hybridized carbons (Fsp3) is 0.500. The van der Waals surface area contributed by atoms with E-state index < -0.39 is 24.2 Å². The Morgan fingerprint density at radius 2 is 2.29 bits per heavy atom. The number of rotatable bonds is 5. The number of aliphatic carboxylic acids is 1. The molecule has 0 aliphatic carbocycles.